The zero-order valence-electron chi connectivity index (χ0n) is 23.0. The number of carbonyl (C=O) groups is 2. The lowest BCUT2D eigenvalue weighted by molar-refractivity contribution is -0.132. The number of nitrogens with zero attached hydrogens (tertiary/aromatic N) is 2. The Morgan fingerprint density at radius 3 is 2.59 bits per heavy atom. The van der Waals surface area contributed by atoms with Gasteiger partial charge in [-0.25, -0.2) is 4.98 Å². The quantitative estimate of drug-likeness (QED) is 0.148. The van der Waals surface area contributed by atoms with Gasteiger partial charge < -0.3 is 19.3 Å². The highest BCUT2D eigenvalue weighted by molar-refractivity contribution is 7.22. The first-order chi connectivity index (χ1) is 19.9. The number of aromatic nitrogens is 1. The lowest BCUT2D eigenvalue weighted by atomic mass is 9.94. The molecule has 4 aromatic rings. The zero-order valence-corrected chi connectivity index (χ0v) is 23.9. The van der Waals surface area contributed by atoms with Crippen LogP contribution in [-0.2, 0) is 16.0 Å². The van der Waals surface area contributed by atoms with Gasteiger partial charge >= 0.3 is 5.91 Å². The van der Waals surface area contributed by atoms with Crippen molar-refractivity contribution < 1.29 is 28.9 Å². The third-order valence-corrected chi connectivity index (χ3v) is 8.17. The average molecular weight is 571 g/mol. The predicted molar refractivity (Wildman–Crippen MR) is 158 cm³/mol. The Bertz CT molecular complexity index is 1680. The monoisotopic (exact) mass is 570 g/mol. The molecule has 2 aliphatic rings. The fraction of sp³-hybridized carbons (Fsp3) is 0.281. The first-order valence-electron chi connectivity index (χ1n) is 13.7. The number of Topliss-reactive ketones (excluding diaryl/α,β-unsaturated/α-hetero) is 1. The largest absolute Gasteiger partial charge is 0.507 e. The van der Waals surface area contributed by atoms with Crippen LogP contribution in [0.1, 0.15) is 49.9 Å². The number of amides is 1. The number of hydrogen-bond donors (Lipinski definition) is 1. The van der Waals surface area contributed by atoms with Crippen LogP contribution in [0.3, 0.4) is 0 Å². The molecule has 1 N–H and O–H groups in total. The molecular formula is C32H30N2O6S. The summed E-state index contributed by atoms with van der Waals surface area (Å²) in [5, 5.41) is 12.0. The molecule has 8 nitrogen and oxygen atoms in total. The minimum Gasteiger partial charge on any atom is -0.507 e. The van der Waals surface area contributed by atoms with Crippen LogP contribution < -0.4 is 19.1 Å². The van der Waals surface area contributed by atoms with Gasteiger partial charge in [0.05, 0.1) is 35.0 Å². The minimum atomic E-state index is -0.884. The van der Waals surface area contributed by atoms with Crippen LogP contribution in [-0.4, -0.2) is 41.1 Å². The van der Waals surface area contributed by atoms with Gasteiger partial charge in [0, 0.05) is 12.0 Å². The molecule has 2 aliphatic heterocycles. The van der Waals surface area contributed by atoms with Gasteiger partial charge in [-0.1, -0.05) is 30.4 Å². The molecule has 1 saturated heterocycles. The molecule has 3 heterocycles. The van der Waals surface area contributed by atoms with E-state index in [1.165, 1.54) is 16.2 Å². The van der Waals surface area contributed by atoms with Gasteiger partial charge in [-0.2, -0.15) is 0 Å². The van der Waals surface area contributed by atoms with Gasteiger partial charge in [-0.15, -0.1) is 0 Å². The van der Waals surface area contributed by atoms with Gasteiger partial charge in [-0.05, 0) is 79.9 Å². The third-order valence-electron chi connectivity index (χ3n) is 7.15. The maximum atomic E-state index is 13.6. The number of fused-ring (bicyclic) bond motifs is 2. The van der Waals surface area contributed by atoms with Crippen molar-refractivity contribution >= 4 is 44.1 Å². The first-order valence-corrected chi connectivity index (χ1v) is 14.6. The van der Waals surface area contributed by atoms with E-state index in [9.17, 15) is 14.7 Å². The van der Waals surface area contributed by atoms with Gasteiger partial charge in [0.15, 0.2) is 5.13 Å². The van der Waals surface area contributed by atoms with Crippen molar-refractivity contribution in [1.29, 1.82) is 0 Å². The Hall–Kier alpha value is -4.37. The Labute approximate surface area is 241 Å². The molecule has 3 aromatic carbocycles. The second kappa shape index (κ2) is 10.9. The fourth-order valence-electron chi connectivity index (χ4n) is 5.29. The Morgan fingerprint density at radius 2 is 1.83 bits per heavy atom. The first kappa shape index (κ1) is 26.8. The molecule has 2 atom stereocenters. The molecule has 210 valence electrons. The van der Waals surface area contributed by atoms with E-state index < -0.39 is 17.7 Å². The number of ether oxygens (including phenoxy) is 3. The maximum Gasteiger partial charge on any atom is 0.301 e. The third kappa shape index (κ3) is 4.91. The predicted octanol–water partition coefficient (Wildman–Crippen LogP) is 6.43. The van der Waals surface area contributed by atoms with Crippen LogP contribution in [0.5, 0.6) is 17.2 Å². The molecule has 0 unspecified atom stereocenters. The van der Waals surface area contributed by atoms with Crippen LogP contribution in [0.2, 0.25) is 0 Å². The van der Waals surface area contributed by atoms with Crippen molar-refractivity contribution in [2.75, 3.05) is 18.1 Å². The molecule has 0 saturated carbocycles. The van der Waals surface area contributed by atoms with E-state index >= 15 is 0 Å². The number of ketones is 1. The number of hydrogen-bond acceptors (Lipinski definition) is 8. The number of benzene rings is 3. The summed E-state index contributed by atoms with van der Waals surface area (Å²) in [6, 6.07) is 17.2. The van der Waals surface area contributed by atoms with E-state index in [-0.39, 0.29) is 17.4 Å². The fourth-order valence-corrected chi connectivity index (χ4v) is 6.31. The standard InChI is InChI=1S/C32H30N2O6S/c1-4-14-39-22-9-6-19(7-10-22)28-27(29(35)20-8-13-25-21(16-20)15-18(3)40-25)30(36)31(37)34(28)32-33-24-12-11-23(38-5-2)17-26(24)41-32/h6-13,16-18,28,35H,4-5,14-15H2,1-3H3/b29-27+/t18-,28+/m1/s1. The molecule has 0 bridgehead atoms. The van der Waals surface area contributed by atoms with Crippen molar-refractivity contribution in [2.45, 2.75) is 45.8 Å². The van der Waals surface area contributed by atoms with E-state index in [4.69, 9.17) is 19.2 Å². The average Bonchev–Trinajstić information content (AvgIpc) is 3.64. The number of aliphatic hydroxyl groups is 1. The van der Waals surface area contributed by atoms with Gasteiger partial charge in [0.25, 0.3) is 5.78 Å². The van der Waals surface area contributed by atoms with Gasteiger partial charge in [0.2, 0.25) is 0 Å². The summed E-state index contributed by atoms with van der Waals surface area (Å²) in [6.45, 7) is 7.03. The summed E-state index contributed by atoms with van der Waals surface area (Å²) in [5.74, 6) is 0.400. The number of rotatable bonds is 8. The molecule has 41 heavy (non-hydrogen) atoms. The smallest absolute Gasteiger partial charge is 0.301 e. The normalized spacial score (nSPS) is 19.4. The van der Waals surface area contributed by atoms with E-state index in [0.29, 0.717) is 52.9 Å². The molecule has 1 aromatic heterocycles. The number of carbonyl (C=O) groups excluding carboxylic acids is 2. The van der Waals surface area contributed by atoms with E-state index in [1.807, 2.05) is 69.3 Å². The highest BCUT2D eigenvalue weighted by atomic mass is 32.1. The Morgan fingerprint density at radius 1 is 1.05 bits per heavy atom. The molecule has 9 heteroatoms. The summed E-state index contributed by atoms with van der Waals surface area (Å²) < 4.78 is 18.0. The van der Waals surface area contributed by atoms with Crippen molar-refractivity contribution in [1.82, 2.24) is 4.98 Å². The number of aliphatic hydroxyl groups excluding tert-OH is 1. The summed E-state index contributed by atoms with van der Waals surface area (Å²) in [6.07, 6.45) is 1.60. The Kier molecular flexibility index (Phi) is 7.13. The van der Waals surface area contributed by atoms with Crippen LogP contribution in [0.15, 0.2) is 66.2 Å². The second-order valence-electron chi connectivity index (χ2n) is 10.1. The molecule has 0 spiro atoms. The maximum absolute atomic E-state index is 13.6. The SMILES string of the molecule is CCCOc1ccc([C@H]2/C(=C(\O)c3ccc4c(c3)C[C@@H](C)O4)C(=O)C(=O)N2c2nc3ccc(OCC)cc3s2)cc1. The molecule has 0 radical (unpaired) electrons. The van der Waals surface area contributed by atoms with E-state index in [2.05, 4.69) is 0 Å². The van der Waals surface area contributed by atoms with Crippen LogP contribution in [0.4, 0.5) is 5.13 Å². The summed E-state index contributed by atoms with van der Waals surface area (Å²) in [5.41, 5.74) is 2.75. The summed E-state index contributed by atoms with van der Waals surface area (Å²) >= 11 is 1.30. The van der Waals surface area contributed by atoms with Gasteiger partial charge in [-0.3, -0.25) is 14.5 Å². The van der Waals surface area contributed by atoms with Crippen molar-refractivity contribution in [3.05, 3.63) is 82.9 Å². The van der Waals surface area contributed by atoms with Crippen LogP contribution in [0.25, 0.3) is 16.0 Å². The van der Waals surface area contributed by atoms with Crippen molar-refractivity contribution in [3.63, 3.8) is 0 Å². The van der Waals surface area contributed by atoms with E-state index in [0.717, 1.165) is 22.4 Å². The number of anilines is 1. The van der Waals surface area contributed by atoms with Crippen LogP contribution in [0, 0.1) is 0 Å². The summed E-state index contributed by atoms with van der Waals surface area (Å²) in [7, 11) is 0. The highest BCUT2D eigenvalue weighted by Gasteiger charge is 2.48. The molecular weight excluding hydrogens is 540 g/mol. The molecule has 6 rings (SSSR count). The number of thiazole rings is 1. The highest BCUT2D eigenvalue weighted by Crippen LogP contribution is 2.45. The van der Waals surface area contributed by atoms with E-state index in [1.54, 1.807) is 12.1 Å². The van der Waals surface area contributed by atoms with Gasteiger partial charge in [0.1, 0.15) is 29.1 Å². The van der Waals surface area contributed by atoms with Crippen molar-refractivity contribution in [3.8, 4) is 17.2 Å². The van der Waals surface area contributed by atoms with Crippen molar-refractivity contribution in [2.24, 2.45) is 0 Å². The zero-order chi connectivity index (χ0) is 28.7. The topological polar surface area (TPSA) is 98.2 Å². The summed E-state index contributed by atoms with van der Waals surface area (Å²) in [4.78, 5) is 33.4. The minimum absolute atomic E-state index is 0.0124. The molecule has 0 aliphatic carbocycles. The molecule has 1 fully saturated rings. The lowest BCUT2D eigenvalue weighted by Crippen LogP contribution is -2.29. The lowest BCUT2D eigenvalue weighted by Gasteiger charge is -2.23. The second-order valence-corrected chi connectivity index (χ2v) is 11.1. The van der Waals surface area contributed by atoms with Crippen LogP contribution >= 0.6 is 11.3 Å². The Balaban J connectivity index is 1.48. The molecule has 1 amide bonds.